The number of aryl methyl sites for hydroxylation is 1. The lowest BCUT2D eigenvalue weighted by Gasteiger charge is -2.13. The first kappa shape index (κ1) is 22.6. The van der Waals surface area contributed by atoms with E-state index in [1.54, 1.807) is 0 Å². The highest BCUT2D eigenvalue weighted by Crippen LogP contribution is 2.24. The molecule has 0 aliphatic heterocycles. The summed E-state index contributed by atoms with van der Waals surface area (Å²) in [5, 5.41) is 9.57. The molecule has 0 heterocycles. The molecule has 0 atom stereocenters. The van der Waals surface area contributed by atoms with Gasteiger partial charge in [-0.15, -0.1) is 0 Å². The lowest BCUT2D eigenvalue weighted by atomic mass is 10.1. The summed E-state index contributed by atoms with van der Waals surface area (Å²) < 4.78 is 55.6. The van der Waals surface area contributed by atoms with Gasteiger partial charge in [0.1, 0.15) is 0 Å². The summed E-state index contributed by atoms with van der Waals surface area (Å²) in [6.45, 7) is 1.52. The maximum atomic E-state index is 12.8. The molecular formula is C20H17ClN2O6S2. The maximum Gasteiger partial charge on any atom is 0.335 e. The third kappa shape index (κ3) is 5.35. The van der Waals surface area contributed by atoms with Crippen LogP contribution in [-0.4, -0.2) is 27.9 Å². The van der Waals surface area contributed by atoms with Gasteiger partial charge in [0, 0.05) is 10.7 Å². The van der Waals surface area contributed by atoms with Crippen LogP contribution in [0.4, 0.5) is 11.4 Å². The van der Waals surface area contributed by atoms with Crippen molar-refractivity contribution in [3.63, 3.8) is 0 Å². The van der Waals surface area contributed by atoms with Crippen LogP contribution in [0.3, 0.4) is 0 Å². The van der Waals surface area contributed by atoms with Crippen molar-refractivity contribution in [3.8, 4) is 0 Å². The quantitative estimate of drug-likeness (QED) is 0.469. The van der Waals surface area contributed by atoms with Crippen LogP contribution >= 0.6 is 11.6 Å². The molecule has 0 saturated heterocycles. The SMILES string of the molecule is Cc1ccc(C(=O)O)cc1S(=O)(=O)Nc1cccc(S(=O)(=O)Nc2ccc(Cl)cc2)c1. The van der Waals surface area contributed by atoms with Crippen molar-refractivity contribution in [2.45, 2.75) is 16.7 Å². The van der Waals surface area contributed by atoms with Crippen molar-refractivity contribution in [2.24, 2.45) is 0 Å². The van der Waals surface area contributed by atoms with E-state index in [2.05, 4.69) is 9.44 Å². The minimum Gasteiger partial charge on any atom is -0.478 e. The van der Waals surface area contributed by atoms with Gasteiger partial charge in [0.15, 0.2) is 0 Å². The number of halogens is 1. The Morgan fingerprint density at radius 3 is 2.13 bits per heavy atom. The van der Waals surface area contributed by atoms with E-state index in [4.69, 9.17) is 16.7 Å². The molecule has 3 aromatic rings. The standard InChI is InChI=1S/C20H17ClN2O6S2/c1-13-5-6-14(20(24)25)11-19(13)31(28,29)23-17-3-2-4-18(12-17)30(26,27)22-16-9-7-15(21)8-10-16/h2-12,22-23H,1H3,(H,24,25). The lowest BCUT2D eigenvalue weighted by Crippen LogP contribution is -2.16. The van der Waals surface area contributed by atoms with E-state index < -0.39 is 26.0 Å². The van der Waals surface area contributed by atoms with Gasteiger partial charge in [-0.3, -0.25) is 9.44 Å². The zero-order chi connectivity index (χ0) is 22.8. The molecule has 3 rings (SSSR count). The summed E-state index contributed by atoms with van der Waals surface area (Å²) in [6, 6.07) is 15.0. The molecule has 0 aliphatic rings. The Morgan fingerprint density at radius 1 is 0.839 bits per heavy atom. The molecule has 0 aromatic heterocycles. The zero-order valence-corrected chi connectivity index (χ0v) is 18.4. The fraction of sp³-hybridized carbons (Fsp3) is 0.0500. The average molecular weight is 481 g/mol. The van der Waals surface area contributed by atoms with Crippen LogP contribution in [-0.2, 0) is 20.0 Å². The second-order valence-corrected chi connectivity index (χ2v) is 10.3. The molecule has 0 radical (unpaired) electrons. The molecule has 0 saturated carbocycles. The Morgan fingerprint density at radius 2 is 1.48 bits per heavy atom. The summed E-state index contributed by atoms with van der Waals surface area (Å²) in [5.74, 6) is -1.27. The molecule has 0 unspecified atom stereocenters. The first-order chi connectivity index (χ1) is 14.5. The van der Waals surface area contributed by atoms with Gasteiger partial charge in [0.2, 0.25) is 0 Å². The monoisotopic (exact) mass is 480 g/mol. The van der Waals surface area contributed by atoms with Crippen molar-refractivity contribution in [3.05, 3.63) is 82.9 Å². The number of rotatable bonds is 7. The number of hydrogen-bond donors (Lipinski definition) is 3. The van der Waals surface area contributed by atoms with Crippen molar-refractivity contribution < 1.29 is 26.7 Å². The number of benzene rings is 3. The maximum absolute atomic E-state index is 12.8. The summed E-state index contributed by atoms with van der Waals surface area (Å²) in [6.07, 6.45) is 0. The summed E-state index contributed by atoms with van der Waals surface area (Å²) in [7, 11) is -8.17. The van der Waals surface area contributed by atoms with Gasteiger partial charge in [-0.05, 0) is 67.1 Å². The van der Waals surface area contributed by atoms with E-state index in [9.17, 15) is 21.6 Å². The number of carboxylic acids is 1. The van der Waals surface area contributed by atoms with E-state index >= 15 is 0 Å². The highest BCUT2D eigenvalue weighted by molar-refractivity contribution is 7.93. The van der Waals surface area contributed by atoms with Crippen LogP contribution in [0.5, 0.6) is 0 Å². The third-order valence-corrected chi connectivity index (χ3v) is 7.37. The Hall–Kier alpha value is -3.08. The largest absolute Gasteiger partial charge is 0.478 e. The average Bonchev–Trinajstić information content (AvgIpc) is 2.69. The van der Waals surface area contributed by atoms with E-state index in [1.165, 1.54) is 61.5 Å². The number of carboxylic acid groups (broad SMARTS) is 1. The fourth-order valence-electron chi connectivity index (χ4n) is 2.69. The van der Waals surface area contributed by atoms with Crippen LogP contribution in [0.1, 0.15) is 15.9 Å². The molecule has 0 spiro atoms. The number of hydrogen-bond acceptors (Lipinski definition) is 5. The van der Waals surface area contributed by atoms with Gasteiger partial charge < -0.3 is 5.11 Å². The van der Waals surface area contributed by atoms with Gasteiger partial charge in [-0.1, -0.05) is 23.7 Å². The number of sulfonamides is 2. The second-order valence-electron chi connectivity index (χ2n) is 6.53. The highest BCUT2D eigenvalue weighted by atomic mass is 35.5. The van der Waals surface area contributed by atoms with Gasteiger partial charge in [-0.2, -0.15) is 0 Å². The van der Waals surface area contributed by atoms with E-state index in [1.807, 2.05) is 0 Å². The topological polar surface area (TPSA) is 130 Å². The smallest absolute Gasteiger partial charge is 0.335 e. The molecule has 0 bridgehead atoms. The van der Waals surface area contributed by atoms with Crippen molar-refractivity contribution in [2.75, 3.05) is 9.44 Å². The number of carbonyl (C=O) groups is 1. The normalized spacial score (nSPS) is 11.7. The lowest BCUT2D eigenvalue weighted by molar-refractivity contribution is 0.0696. The Kier molecular flexibility index (Phi) is 6.25. The minimum absolute atomic E-state index is 0.000825. The first-order valence-electron chi connectivity index (χ1n) is 8.73. The fourth-order valence-corrected chi connectivity index (χ4v) is 5.24. The van der Waals surface area contributed by atoms with Crippen LogP contribution in [0.15, 0.2) is 76.5 Å². The summed E-state index contributed by atoms with van der Waals surface area (Å²) in [5.41, 5.74) is 0.441. The van der Waals surface area contributed by atoms with Crippen LogP contribution in [0, 0.1) is 6.92 Å². The van der Waals surface area contributed by atoms with Crippen molar-refractivity contribution in [1.29, 1.82) is 0 Å². The van der Waals surface area contributed by atoms with E-state index in [-0.39, 0.29) is 26.7 Å². The molecule has 162 valence electrons. The number of aromatic carboxylic acids is 1. The Bertz CT molecular complexity index is 1350. The molecule has 8 nitrogen and oxygen atoms in total. The number of anilines is 2. The molecular weight excluding hydrogens is 464 g/mol. The molecule has 31 heavy (non-hydrogen) atoms. The molecule has 0 fully saturated rings. The first-order valence-corrected chi connectivity index (χ1v) is 12.1. The number of nitrogens with one attached hydrogen (secondary N) is 2. The summed E-state index contributed by atoms with van der Waals surface area (Å²) >= 11 is 5.80. The zero-order valence-electron chi connectivity index (χ0n) is 16.0. The second kappa shape index (κ2) is 8.58. The van der Waals surface area contributed by atoms with Crippen molar-refractivity contribution in [1.82, 2.24) is 0 Å². The van der Waals surface area contributed by atoms with Gasteiger partial charge >= 0.3 is 5.97 Å². The highest BCUT2D eigenvalue weighted by Gasteiger charge is 2.21. The Labute approximate surface area is 184 Å². The third-order valence-electron chi connectivity index (χ3n) is 4.22. The van der Waals surface area contributed by atoms with Gasteiger partial charge in [-0.25, -0.2) is 21.6 Å². The summed E-state index contributed by atoms with van der Waals surface area (Å²) in [4.78, 5) is 10.8. The van der Waals surface area contributed by atoms with E-state index in [0.717, 1.165) is 12.1 Å². The van der Waals surface area contributed by atoms with Crippen LogP contribution < -0.4 is 9.44 Å². The van der Waals surface area contributed by atoms with Gasteiger partial charge in [0.25, 0.3) is 20.0 Å². The molecule has 11 heteroatoms. The Balaban J connectivity index is 1.90. The molecule has 0 aliphatic carbocycles. The van der Waals surface area contributed by atoms with E-state index in [0.29, 0.717) is 10.6 Å². The van der Waals surface area contributed by atoms with Crippen LogP contribution in [0.2, 0.25) is 5.02 Å². The van der Waals surface area contributed by atoms with Gasteiger partial charge in [0.05, 0.1) is 21.0 Å². The van der Waals surface area contributed by atoms with Crippen LogP contribution in [0.25, 0.3) is 0 Å². The molecule has 0 amide bonds. The molecule has 3 N–H and O–H groups in total. The minimum atomic E-state index is -4.17. The predicted molar refractivity (Wildman–Crippen MR) is 118 cm³/mol. The van der Waals surface area contributed by atoms with Crippen molar-refractivity contribution >= 4 is 49.0 Å². The predicted octanol–water partition coefficient (Wildman–Crippen LogP) is 3.95. The molecule has 3 aromatic carbocycles.